The fraction of sp³-hybridized carbons (Fsp3) is 0.706. The molecule has 0 aromatic heterocycles. The van der Waals surface area contributed by atoms with Crippen LogP contribution in [0.4, 0.5) is 0 Å². The molecule has 0 radical (unpaired) electrons. The second kappa shape index (κ2) is 28.7. The first-order chi connectivity index (χ1) is 27.6. The van der Waals surface area contributed by atoms with Gasteiger partial charge in [0.15, 0.2) is 11.9 Å². The van der Waals surface area contributed by atoms with Crippen LogP contribution in [0.1, 0.15) is 78.6 Å². The average molecular weight is 844 g/mol. The van der Waals surface area contributed by atoms with Crippen LogP contribution in [0.15, 0.2) is 9.98 Å². The van der Waals surface area contributed by atoms with Crippen molar-refractivity contribution in [2.75, 3.05) is 19.6 Å². The first kappa shape index (κ1) is 53.3. The number of carbonyl (C=O) groups is 8. The zero-order chi connectivity index (χ0) is 45.2. The molecule has 0 aromatic rings. The fourth-order valence-electron chi connectivity index (χ4n) is 5.20. The van der Waals surface area contributed by atoms with Crippen molar-refractivity contribution >= 4 is 59.6 Å². The normalized spacial score (nSPS) is 15.4. The van der Waals surface area contributed by atoms with Gasteiger partial charge in [-0.3, -0.25) is 43.5 Å². The number of primary amides is 1. The van der Waals surface area contributed by atoms with Crippen molar-refractivity contribution in [3.05, 3.63) is 0 Å². The van der Waals surface area contributed by atoms with Crippen LogP contribution >= 0.6 is 0 Å². The lowest BCUT2D eigenvalue weighted by molar-refractivity contribution is -0.137. The number of amides is 7. The van der Waals surface area contributed by atoms with Gasteiger partial charge in [-0.25, -0.2) is 0 Å². The van der Waals surface area contributed by atoms with Gasteiger partial charge in [0.25, 0.3) is 0 Å². The van der Waals surface area contributed by atoms with Crippen LogP contribution in [-0.4, -0.2) is 144 Å². The quantitative estimate of drug-likeness (QED) is 0.0138. The number of aliphatic imine (C=N–C) groups is 2. The Kier molecular flexibility index (Phi) is 25.9. The molecule has 0 bridgehead atoms. The third kappa shape index (κ3) is 22.8. The summed E-state index contributed by atoms with van der Waals surface area (Å²) in [6.45, 7) is 4.33. The zero-order valence-corrected chi connectivity index (χ0v) is 33.9. The molecule has 0 unspecified atom stereocenters. The summed E-state index contributed by atoms with van der Waals surface area (Å²) in [5.74, 6) is -6.63. The number of rotatable bonds is 30. The molecule has 0 aliphatic rings. The Morgan fingerprint density at radius 3 is 1.54 bits per heavy atom. The number of nitrogens with zero attached hydrogens (tertiary/aromatic N) is 2. The Labute approximate surface area is 342 Å². The Bertz CT molecular complexity index is 1450. The number of carbonyl (C=O) groups excluding carboxylic acids is 8. The second-order valence-corrected chi connectivity index (χ2v) is 13.9. The first-order valence-corrected chi connectivity index (χ1v) is 19.1. The van der Waals surface area contributed by atoms with E-state index in [1.807, 2.05) is 0 Å². The number of nitrogens with two attached hydrogens (primary N) is 7. The van der Waals surface area contributed by atoms with E-state index < -0.39 is 102 Å². The lowest BCUT2D eigenvalue weighted by atomic mass is 10.0. The molecule has 0 saturated heterocycles. The Balaban J connectivity index is 6.00. The molecule has 0 aliphatic carbocycles. The van der Waals surface area contributed by atoms with Gasteiger partial charge in [-0.05, 0) is 78.7 Å². The van der Waals surface area contributed by atoms with Crippen LogP contribution in [0.25, 0.3) is 0 Å². The number of aliphatic hydroxyl groups excluding tert-OH is 2. The topological polar surface area (TPSA) is 456 Å². The molecule has 0 spiro atoms. The summed E-state index contributed by atoms with van der Waals surface area (Å²) in [7, 11) is 0. The highest BCUT2D eigenvalue weighted by Crippen LogP contribution is 2.08. The molecule has 9 atom stereocenters. The minimum absolute atomic E-state index is 0.0242. The average Bonchev–Trinajstić information content (AvgIpc) is 3.15. The first-order valence-electron chi connectivity index (χ1n) is 19.1. The van der Waals surface area contributed by atoms with E-state index in [1.54, 1.807) is 0 Å². The smallest absolute Gasteiger partial charge is 0.245 e. The van der Waals surface area contributed by atoms with E-state index in [-0.39, 0.29) is 57.2 Å². The largest absolute Gasteiger partial charge is 0.391 e. The van der Waals surface area contributed by atoms with E-state index in [1.165, 1.54) is 20.8 Å². The predicted octanol–water partition coefficient (Wildman–Crippen LogP) is -7.30. The van der Waals surface area contributed by atoms with E-state index in [4.69, 9.17) is 40.1 Å². The van der Waals surface area contributed by atoms with Crippen LogP contribution in [0.3, 0.4) is 0 Å². The molecule has 336 valence electrons. The van der Waals surface area contributed by atoms with Gasteiger partial charge in [0.05, 0.1) is 24.3 Å². The van der Waals surface area contributed by atoms with Crippen molar-refractivity contribution in [3.8, 4) is 0 Å². The summed E-state index contributed by atoms with van der Waals surface area (Å²) in [6, 6.07) is -9.49. The second-order valence-electron chi connectivity index (χ2n) is 13.9. The summed E-state index contributed by atoms with van der Waals surface area (Å²) >= 11 is 0. The molecule has 59 heavy (non-hydrogen) atoms. The van der Waals surface area contributed by atoms with E-state index in [9.17, 15) is 48.6 Å². The van der Waals surface area contributed by atoms with Gasteiger partial charge in [0.1, 0.15) is 36.5 Å². The monoisotopic (exact) mass is 844 g/mol. The maximum Gasteiger partial charge on any atom is 0.245 e. The Hall–Kier alpha value is -5.66. The summed E-state index contributed by atoms with van der Waals surface area (Å²) < 4.78 is 0. The van der Waals surface area contributed by atoms with E-state index in [0.717, 1.165) is 0 Å². The minimum atomic E-state index is -1.69. The van der Waals surface area contributed by atoms with Crippen molar-refractivity contribution in [1.29, 1.82) is 0 Å². The van der Waals surface area contributed by atoms with Crippen LogP contribution < -0.4 is 72.0 Å². The third-order valence-electron chi connectivity index (χ3n) is 8.53. The predicted molar refractivity (Wildman–Crippen MR) is 216 cm³/mol. The molecule has 0 heterocycles. The number of aliphatic hydroxyl groups is 2. The van der Waals surface area contributed by atoms with Crippen molar-refractivity contribution < 1.29 is 48.6 Å². The van der Waals surface area contributed by atoms with Gasteiger partial charge in [0.2, 0.25) is 41.4 Å². The molecule has 25 heteroatoms. The van der Waals surface area contributed by atoms with E-state index >= 15 is 0 Å². The van der Waals surface area contributed by atoms with Crippen molar-refractivity contribution in [2.24, 2.45) is 50.1 Å². The highest BCUT2D eigenvalue weighted by Gasteiger charge is 2.35. The van der Waals surface area contributed by atoms with Gasteiger partial charge in [-0.15, -0.1) is 0 Å². The number of guanidine groups is 2. The summed E-state index contributed by atoms with van der Waals surface area (Å²) in [5, 5.41) is 35.2. The number of unbranched alkanes of at least 4 members (excludes halogenated alkanes) is 1. The molecule has 0 saturated carbocycles. The van der Waals surface area contributed by atoms with Crippen molar-refractivity contribution in [3.63, 3.8) is 0 Å². The maximum atomic E-state index is 13.7. The van der Waals surface area contributed by atoms with E-state index in [2.05, 4.69) is 41.9 Å². The lowest BCUT2D eigenvalue weighted by Gasteiger charge is -2.28. The molecule has 7 amide bonds. The summed E-state index contributed by atoms with van der Waals surface area (Å²) in [4.78, 5) is 110. The molecule has 22 N–H and O–H groups in total. The molecule has 0 aromatic carbocycles. The van der Waals surface area contributed by atoms with Crippen LogP contribution in [0.2, 0.25) is 0 Å². The molecule has 0 rings (SSSR count). The van der Waals surface area contributed by atoms with Crippen molar-refractivity contribution in [1.82, 2.24) is 31.9 Å². The zero-order valence-electron chi connectivity index (χ0n) is 33.9. The third-order valence-corrected chi connectivity index (χ3v) is 8.53. The molecular weight excluding hydrogens is 778 g/mol. The Morgan fingerprint density at radius 2 is 1.05 bits per heavy atom. The van der Waals surface area contributed by atoms with Gasteiger partial charge >= 0.3 is 0 Å². The van der Waals surface area contributed by atoms with Crippen LogP contribution in [0, 0.1) is 0 Å². The van der Waals surface area contributed by atoms with E-state index in [0.29, 0.717) is 32.0 Å². The molecular formula is C34H65N15O10. The standard InChI is InChI=1S/C34H65N15O10/c1-17(27(54)45-20(16-50)8-6-14-42-33(38)39)44-31(58)25(18(2)51)49-30(57)23(11-12-24(37)53)46-29(56)22(10-4-5-13-35)47-32(59)26(19(3)52)48-28(55)21(36)9-7-15-43-34(40)41/h16-23,25-26,51-52H,4-15,35-36H2,1-3H3,(H2,37,53)(H,44,58)(H,45,54)(H,46,56)(H,47,59)(H,48,55)(H,49,57)(H4,38,39,42)(H4,40,41,43)/t17-,18+,19+,20-,21-,22-,23-,25-,26-/m0/s1. The van der Waals surface area contributed by atoms with Gasteiger partial charge < -0.3 is 87.0 Å². The van der Waals surface area contributed by atoms with Gasteiger partial charge in [-0.1, -0.05) is 0 Å². The minimum Gasteiger partial charge on any atom is -0.391 e. The number of nitrogens with one attached hydrogen (secondary N) is 6. The fourth-order valence-corrected chi connectivity index (χ4v) is 5.20. The summed E-state index contributed by atoms with van der Waals surface area (Å²) in [5.41, 5.74) is 38.0. The molecule has 0 fully saturated rings. The van der Waals surface area contributed by atoms with Crippen LogP contribution in [-0.2, 0) is 38.4 Å². The number of hydrogen-bond acceptors (Lipinski definition) is 14. The highest BCUT2D eigenvalue weighted by molar-refractivity contribution is 5.97. The van der Waals surface area contributed by atoms with Gasteiger partial charge in [0, 0.05) is 19.5 Å². The highest BCUT2D eigenvalue weighted by atomic mass is 16.3. The van der Waals surface area contributed by atoms with Crippen molar-refractivity contribution in [2.45, 2.75) is 133 Å². The maximum absolute atomic E-state index is 13.7. The van der Waals surface area contributed by atoms with Gasteiger partial charge in [-0.2, -0.15) is 0 Å². The lowest BCUT2D eigenvalue weighted by Crippen LogP contribution is -2.62. The van der Waals surface area contributed by atoms with Crippen LogP contribution in [0.5, 0.6) is 0 Å². The Morgan fingerprint density at radius 1 is 0.576 bits per heavy atom. The molecule has 0 aliphatic heterocycles. The molecule has 25 nitrogen and oxygen atoms in total. The number of hydrogen-bond donors (Lipinski definition) is 15. The SMILES string of the molecule is C[C@H](NC(=O)[C@@H](NC(=O)[C@H](CCC(N)=O)NC(=O)[C@H](CCCCN)NC(=O)[C@@H](NC(=O)[C@@H](N)CCCN=C(N)N)[C@@H](C)O)[C@@H](C)O)C(=O)N[C@H](C=O)CCCN=C(N)N. The summed E-state index contributed by atoms with van der Waals surface area (Å²) in [6.07, 6.45) is -1.61. The number of aldehydes is 1.